The molecule has 0 bridgehead atoms. The fourth-order valence-electron chi connectivity index (χ4n) is 1.85. The van der Waals surface area contributed by atoms with Gasteiger partial charge in [-0.3, -0.25) is 4.68 Å². The van der Waals surface area contributed by atoms with E-state index in [1.165, 1.54) is 0 Å². The van der Waals surface area contributed by atoms with Crippen LogP contribution < -0.4 is 5.73 Å². The van der Waals surface area contributed by atoms with E-state index in [1.54, 1.807) is 17.5 Å². The molecule has 2 heterocycles. The Morgan fingerprint density at radius 2 is 2.33 bits per heavy atom. The van der Waals surface area contributed by atoms with Gasteiger partial charge in [-0.2, -0.15) is 5.10 Å². The lowest BCUT2D eigenvalue weighted by atomic mass is 10.1. The summed E-state index contributed by atoms with van der Waals surface area (Å²) in [6.45, 7) is 4.97. The molecule has 0 aromatic carbocycles. The van der Waals surface area contributed by atoms with Crippen LogP contribution in [0.4, 0.5) is 0 Å². The second kappa shape index (κ2) is 5.74. The van der Waals surface area contributed by atoms with Crippen molar-refractivity contribution >= 4 is 38.9 Å². The second-order valence-electron chi connectivity index (χ2n) is 4.18. The van der Waals surface area contributed by atoms with Crippen LogP contribution in [0.5, 0.6) is 0 Å². The lowest BCUT2D eigenvalue weighted by Crippen LogP contribution is -2.17. The minimum Gasteiger partial charge on any atom is -0.318 e. The quantitative estimate of drug-likeness (QED) is 0.903. The second-order valence-corrected chi connectivity index (χ2v) is 6.32. The summed E-state index contributed by atoms with van der Waals surface area (Å²) in [5, 5.41) is 7.14. The summed E-state index contributed by atoms with van der Waals surface area (Å²) >= 11 is 11.4. The van der Waals surface area contributed by atoms with Gasteiger partial charge in [0.05, 0.1) is 27.4 Å². The van der Waals surface area contributed by atoms with E-state index in [2.05, 4.69) is 28.0 Å². The first-order valence-electron chi connectivity index (χ1n) is 5.76. The number of nitrogens with zero attached hydrogens (tertiary/aromatic N) is 2. The number of hydrogen-bond acceptors (Lipinski definition) is 3. The molecule has 0 spiro atoms. The van der Waals surface area contributed by atoms with Crippen LogP contribution in [0.2, 0.25) is 5.02 Å². The molecule has 0 aliphatic carbocycles. The van der Waals surface area contributed by atoms with Crippen LogP contribution in [0, 0.1) is 6.92 Å². The maximum absolute atomic E-state index is 6.34. The van der Waals surface area contributed by atoms with Gasteiger partial charge >= 0.3 is 0 Å². The van der Waals surface area contributed by atoms with E-state index < -0.39 is 0 Å². The highest BCUT2D eigenvalue weighted by Gasteiger charge is 2.22. The summed E-state index contributed by atoms with van der Waals surface area (Å²) in [6.07, 6.45) is 2.81. The number of nitrogens with two attached hydrogens (primary N) is 1. The van der Waals surface area contributed by atoms with Crippen molar-refractivity contribution in [3.8, 4) is 0 Å². The van der Waals surface area contributed by atoms with Crippen molar-refractivity contribution in [2.75, 3.05) is 0 Å². The van der Waals surface area contributed by atoms with E-state index >= 15 is 0 Å². The van der Waals surface area contributed by atoms with Gasteiger partial charge in [0.1, 0.15) is 0 Å². The van der Waals surface area contributed by atoms with Crippen molar-refractivity contribution in [3.05, 3.63) is 37.2 Å². The molecular weight excluding hydrogens is 334 g/mol. The SMILES string of the molecule is CCCn1ncc(Br)c1C(N)c1scc(C)c1Cl. The molecule has 98 valence electrons. The molecule has 2 aromatic rings. The number of aryl methyl sites for hydroxylation is 2. The molecule has 0 radical (unpaired) electrons. The summed E-state index contributed by atoms with van der Waals surface area (Å²) in [5.41, 5.74) is 8.40. The highest BCUT2D eigenvalue weighted by Crippen LogP contribution is 2.36. The van der Waals surface area contributed by atoms with Gasteiger partial charge < -0.3 is 5.73 Å². The van der Waals surface area contributed by atoms with Crippen molar-refractivity contribution < 1.29 is 0 Å². The molecular formula is C12H15BrClN3S. The predicted octanol–water partition coefficient (Wildman–Crippen LogP) is 4.13. The Hall–Kier alpha value is -0.360. The molecule has 3 nitrogen and oxygen atoms in total. The third-order valence-corrected chi connectivity index (χ3v) is 5.18. The Morgan fingerprint density at radius 1 is 1.61 bits per heavy atom. The van der Waals surface area contributed by atoms with Crippen molar-refractivity contribution in [1.82, 2.24) is 9.78 Å². The van der Waals surface area contributed by atoms with Gasteiger partial charge in [-0.15, -0.1) is 11.3 Å². The van der Waals surface area contributed by atoms with E-state index in [4.69, 9.17) is 17.3 Å². The topological polar surface area (TPSA) is 43.8 Å². The standard InChI is InChI=1S/C12H15BrClN3S/c1-3-4-17-11(8(13)5-16-17)10(15)12-9(14)7(2)6-18-12/h5-6,10H,3-4,15H2,1-2H3. The van der Waals surface area contributed by atoms with Gasteiger partial charge in [0, 0.05) is 11.4 Å². The normalized spacial score (nSPS) is 12.9. The molecule has 18 heavy (non-hydrogen) atoms. The minimum absolute atomic E-state index is 0.236. The van der Waals surface area contributed by atoms with Crippen molar-refractivity contribution in [1.29, 1.82) is 0 Å². The van der Waals surface area contributed by atoms with Crippen molar-refractivity contribution in [3.63, 3.8) is 0 Å². The third kappa shape index (κ3) is 2.50. The average Bonchev–Trinajstić information content (AvgIpc) is 2.85. The Kier molecular flexibility index (Phi) is 4.48. The van der Waals surface area contributed by atoms with Crippen LogP contribution in [0.3, 0.4) is 0 Å². The number of hydrogen-bond donors (Lipinski definition) is 1. The van der Waals surface area contributed by atoms with Gasteiger partial charge in [-0.25, -0.2) is 0 Å². The van der Waals surface area contributed by atoms with Crippen LogP contribution >= 0.6 is 38.9 Å². The summed E-state index contributed by atoms with van der Waals surface area (Å²) < 4.78 is 2.88. The van der Waals surface area contributed by atoms with E-state index in [9.17, 15) is 0 Å². The number of aromatic nitrogens is 2. The van der Waals surface area contributed by atoms with E-state index in [-0.39, 0.29) is 6.04 Å². The molecule has 1 unspecified atom stereocenters. The van der Waals surface area contributed by atoms with Gasteiger partial charge in [-0.05, 0) is 40.2 Å². The van der Waals surface area contributed by atoms with Crippen LogP contribution in [0.15, 0.2) is 16.0 Å². The summed E-state index contributed by atoms with van der Waals surface area (Å²) in [5.74, 6) is 0. The number of rotatable bonds is 4. The van der Waals surface area contributed by atoms with Gasteiger partial charge in [0.2, 0.25) is 0 Å². The molecule has 6 heteroatoms. The Labute approximate surface area is 124 Å². The summed E-state index contributed by atoms with van der Waals surface area (Å²) in [4.78, 5) is 0.993. The average molecular weight is 349 g/mol. The highest BCUT2D eigenvalue weighted by atomic mass is 79.9. The summed E-state index contributed by atoms with van der Waals surface area (Å²) in [6, 6.07) is -0.236. The minimum atomic E-state index is -0.236. The van der Waals surface area contributed by atoms with E-state index in [0.717, 1.165) is 38.6 Å². The Balaban J connectivity index is 2.42. The maximum atomic E-state index is 6.34. The highest BCUT2D eigenvalue weighted by molar-refractivity contribution is 9.10. The maximum Gasteiger partial charge on any atom is 0.0843 e. The molecule has 0 amide bonds. The lowest BCUT2D eigenvalue weighted by Gasteiger charge is -2.14. The zero-order valence-corrected chi connectivity index (χ0v) is 13.4. The third-order valence-electron chi connectivity index (χ3n) is 2.77. The predicted molar refractivity (Wildman–Crippen MR) is 80.3 cm³/mol. The fraction of sp³-hybridized carbons (Fsp3) is 0.417. The molecule has 2 N–H and O–H groups in total. The first-order valence-corrected chi connectivity index (χ1v) is 7.81. The summed E-state index contributed by atoms with van der Waals surface area (Å²) in [7, 11) is 0. The molecule has 0 saturated carbocycles. The Morgan fingerprint density at radius 3 is 2.89 bits per heavy atom. The molecule has 0 aliphatic heterocycles. The number of halogens is 2. The molecule has 0 aliphatic rings. The smallest absolute Gasteiger partial charge is 0.0843 e. The molecule has 2 aromatic heterocycles. The molecule has 2 rings (SSSR count). The van der Waals surface area contributed by atoms with Crippen LogP contribution in [0.25, 0.3) is 0 Å². The first kappa shape index (κ1) is 14.1. The largest absolute Gasteiger partial charge is 0.318 e. The van der Waals surface area contributed by atoms with E-state index in [1.807, 2.05) is 17.0 Å². The van der Waals surface area contributed by atoms with Crippen LogP contribution in [-0.4, -0.2) is 9.78 Å². The Bertz CT molecular complexity index is 550. The molecule has 1 atom stereocenters. The van der Waals surface area contributed by atoms with Crippen LogP contribution in [-0.2, 0) is 6.54 Å². The van der Waals surface area contributed by atoms with Gasteiger partial charge in [-0.1, -0.05) is 18.5 Å². The zero-order chi connectivity index (χ0) is 13.3. The first-order chi connectivity index (χ1) is 8.56. The van der Waals surface area contributed by atoms with Gasteiger partial charge in [0.15, 0.2) is 0 Å². The zero-order valence-electron chi connectivity index (χ0n) is 10.3. The molecule has 0 fully saturated rings. The van der Waals surface area contributed by atoms with Crippen molar-refractivity contribution in [2.45, 2.75) is 32.9 Å². The van der Waals surface area contributed by atoms with E-state index in [0.29, 0.717) is 0 Å². The van der Waals surface area contributed by atoms with Crippen LogP contribution in [0.1, 0.15) is 35.5 Å². The number of thiophene rings is 1. The monoisotopic (exact) mass is 347 g/mol. The molecule has 0 saturated heterocycles. The fourth-order valence-corrected chi connectivity index (χ4v) is 3.71. The lowest BCUT2D eigenvalue weighted by molar-refractivity contribution is 0.560. The van der Waals surface area contributed by atoms with Gasteiger partial charge in [0.25, 0.3) is 0 Å². The van der Waals surface area contributed by atoms with Crippen molar-refractivity contribution in [2.24, 2.45) is 5.73 Å².